The fourth-order valence-corrected chi connectivity index (χ4v) is 2.59. The minimum atomic E-state index is 0.564. The number of H-pyrrole nitrogens is 1. The Bertz CT molecular complexity index is 559. The van der Waals surface area contributed by atoms with Gasteiger partial charge in [-0.15, -0.1) is 0 Å². The molecule has 0 aliphatic carbocycles. The maximum Gasteiger partial charge on any atom is 0.178 e. The molecule has 1 heterocycles. The molecule has 0 aliphatic rings. The SMILES string of the molecule is CSC(C)Cn1c(=S)[nH]c2cc(Br)ccc21. The standard InChI is InChI=1S/C11H13BrN2S2/c1-7(16-2)6-14-10-4-3-8(12)5-9(10)13-11(14)15/h3-5,7H,6H2,1-2H3,(H,13,15). The van der Waals surface area contributed by atoms with Gasteiger partial charge in [0.25, 0.3) is 0 Å². The molecular weight excluding hydrogens is 304 g/mol. The molecular formula is C11H13BrN2S2. The fourth-order valence-electron chi connectivity index (χ4n) is 1.65. The van der Waals surface area contributed by atoms with Gasteiger partial charge in [-0.1, -0.05) is 22.9 Å². The second-order valence-electron chi connectivity index (χ2n) is 3.75. The third-order valence-corrected chi connectivity index (χ3v) is 4.35. The largest absolute Gasteiger partial charge is 0.331 e. The number of aromatic amines is 1. The molecule has 0 bridgehead atoms. The van der Waals surface area contributed by atoms with E-state index in [2.05, 4.69) is 50.8 Å². The Morgan fingerprint density at radius 2 is 2.31 bits per heavy atom. The van der Waals surface area contributed by atoms with Crippen molar-refractivity contribution in [3.05, 3.63) is 27.4 Å². The van der Waals surface area contributed by atoms with E-state index in [0.29, 0.717) is 5.25 Å². The van der Waals surface area contributed by atoms with Crippen LogP contribution in [0.15, 0.2) is 22.7 Å². The van der Waals surface area contributed by atoms with Crippen molar-refractivity contribution in [3.8, 4) is 0 Å². The minimum absolute atomic E-state index is 0.564. The summed E-state index contributed by atoms with van der Waals surface area (Å²) in [6.45, 7) is 3.16. The number of hydrogen-bond donors (Lipinski definition) is 1. The van der Waals surface area contributed by atoms with E-state index >= 15 is 0 Å². The summed E-state index contributed by atoms with van der Waals surface area (Å²) in [5.74, 6) is 0. The van der Waals surface area contributed by atoms with Gasteiger partial charge in [0.05, 0.1) is 11.0 Å². The lowest BCUT2D eigenvalue weighted by Gasteiger charge is -2.09. The molecule has 0 fully saturated rings. The maximum atomic E-state index is 5.35. The molecule has 2 aromatic rings. The van der Waals surface area contributed by atoms with Crippen LogP contribution in [-0.2, 0) is 6.54 Å². The highest BCUT2D eigenvalue weighted by molar-refractivity contribution is 9.10. The Morgan fingerprint density at radius 1 is 1.56 bits per heavy atom. The summed E-state index contributed by atoms with van der Waals surface area (Å²) in [6, 6.07) is 6.20. The van der Waals surface area contributed by atoms with Crippen molar-refractivity contribution in [1.82, 2.24) is 9.55 Å². The van der Waals surface area contributed by atoms with Gasteiger partial charge < -0.3 is 9.55 Å². The van der Waals surface area contributed by atoms with Crippen LogP contribution in [0, 0.1) is 4.77 Å². The van der Waals surface area contributed by atoms with Crippen LogP contribution in [0.4, 0.5) is 0 Å². The first-order chi connectivity index (χ1) is 7.61. The van der Waals surface area contributed by atoms with Crippen LogP contribution in [0.1, 0.15) is 6.92 Å². The molecule has 1 atom stereocenters. The summed E-state index contributed by atoms with van der Waals surface area (Å²) in [5.41, 5.74) is 2.27. The van der Waals surface area contributed by atoms with Gasteiger partial charge in [0, 0.05) is 16.3 Å². The summed E-state index contributed by atoms with van der Waals surface area (Å²) in [4.78, 5) is 3.24. The number of rotatable bonds is 3. The van der Waals surface area contributed by atoms with E-state index in [1.807, 2.05) is 17.8 Å². The van der Waals surface area contributed by atoms with Crippen LogP contribution < -0.4 is 0 Å². The average molecular weight is 317 g/mol. The highest BCUT2D eigenvalue weighted by Crippen LogP contribution is 2.21. The molecule has 1 aromatic carbocycles. The zero-order chi connectivity index (χ0) is 11.7. The highest BCUT2D eigenvalue weighted by atomic mass is 79.9. The molecule has 86 valence electrons. The Labute approximate surface area is 113 Å². The second-order valence-corrected chi connectivity index (χ2v) is 6.33. The van der Waals surface area contributed by atoms with E-state index in [-0.39, 0.29) is 0 Å². The molecule has 0 saturated heterocycles. The normalized spacial score (nSPS) is 13.2. The summed E-state index contributed by atoms with van der Waals surface area (Å²) in [6.07, 6.45) is 2.12. The molecule has 0 aliphatic heterocycles. The predicted octanol–water partition coefficient (Wildman–Crippen LogP) is 4.21. The molecule has 0 radical (unpaired) electrons. The summed E-state index contributed by atoms with van der Waals surface area (Å²) >= 11 is 10.7. The number of imidazole rings is 1. The zero-order valence-electron chi connectivity index (χ0n) is 9.16. The smallest absolute Gasteiger partial charge is 0.178 e. The first-order valence-electron chi connectivity index (χ1n) is 5.02. The lowest BCUT2D eigenvalue weighted by atomic mass is 10.3. The number of nitrogens with zero attached hydrogens (tertiary/aromatic N) is 1. The van der Waals surface area contributed by atoms with Crippen molar-refractivity contribution in [2.75, 3.05) is 6.26 Å². The van der Waals surface area contributed by atoms with E-state index in [4.69, 9.17) is 12.2 Å². The van der Waals surface area contributed by atoms with Crippen LogP contribution in [0.25, 0.3) is 11.0 Å². The van der Waals surface area contributed by atoms with Crippen LogP contribution in [0.2, 0.25) is 0 Å². The minimum Gasteiger partial charge on any atom is -0.331 e. The zero-order valence-corrected chi connectivity index (χ0v) is 12.4. The van der Waals surface area contributed by atoms with Crippen molar-refractivity contribution in [1.29, 1.82) is 0 Å². The first kappa shape index (κ1) is 12.2. The third kappa shape index (κ3) is 2.36. The number of hydrogen-bond acceptors (Lipinski definition) is 2. The van der Waals surface area contributed by atoms with Gasteiger partial charge in [0.15, 0.2) is 4.77 Å². The molecule has 0 saturated carbocycles. The van der Waals surface area contributed by atoms with Gasteiger partial charge in [-0.05, 0) is 36.7 Å². The molecule has 16 heavy (non-hydrogen) atoms. The van der Waals surface area contributed by atoms with Crippen LogP contribution >= 0.6 is 39.9 Å². The number of fused-ring (bicyclic) bond motifs is 1. The van der Waals surface area contributed by atoms with Gasteiger partial charge in [0.2, 0.25) is 0 Å². The number of aromatic nitrogens is 2. The molecule has 0 spiro atoms. The molecule has 2 nitrogen and oxygen atoms in total. The van der Waals surface area contributed by atoms with E-state index in [9.17, 15) is 0 Å². The lowest BCUT2D eigenvalue weighted by molar-refractivity contribution is 0.702. The van der Waals surface area contributed by atoms with Gasteiger partial charge >= 0.3 is 0 Å². The van der Waals surface area contributed by atoms with E-state index in [1.54, 1.807) is 0 Å². The summed E-state index contributed by atoms with van der Waals surface area (Å²) in [7, 11) is 0. The Morgan fingerprint density at radius 3 is 3.00 bits per heavy atom. The number of halogens is 1. The fraction of sp³-hybridized carbons (Fsp3) is 0.364. The van der Waals surface area contributed by atoms with E-state index in [1.165, 1.54) is 5.52 Å². The van der Waals surface area contributed by atoms with Crippen LogP contribution in [0.3, 0.4) is 0 Å². The lowest BCUT2D eigenvalue weighted by Crippen LogP contribution is -2.08. The summed E-state index contributed by atoms with van der Waals surface area (Å²) < 4.78 is 4.04. The Balaban J connectivity index is 2.52. The van der Waals surface area contributed by atoms with Crippen LogP contribution in [0.5, 0.6) is 0 Å². The molecule has 5 heteroatoms. The van der Waals surface area contributed by atoms with E-state index < -0.39 is 0 Å². The van der Waals surface area contributed by atoms with Gasteiger partial charge in [0.1, 0.15) is 0 Å². The topological polar surface area (TPSA) is 20.7 Å². The predicted molar refractivity (Wildman–Crippen MR) is 77.8 cm³/mol. The second kappa shape index (κ2) is 4.94. The monoisotopic (exact) mass is 316 g/mol. The maximum absolute atomic E-state index is 5.35. The van der Waals surface area contributed by atoms with Gasteiger partial charge in [-0.3, -0.25) is 0 Å². The molecule has 1 aromatic heterocycles. The molecule has 1 unspecified atom stereocenters. The van der Waals surface area contributed by atoms with E-state index in [0.717, 1.165) is 21.3 Å². The number of benzene rings is 1. The first-order valence-corrected chi connectivity index (χ1v) is 7.51. The molecule has 1 N–H and O–H groups in total. The summed E-state index contributed by atoms with van der Waals surface area (Å²) in [5, 5.41) is 0.564. The van der Waals surface area contributed by atoms with Crippen molar-refractivity contribution in [2.45, 2.75) is 18.7 Å². The van der Waals surface area contributed by atoms with Crippen molar-refractivity contribution in [3.63, 3.8) is 0 Å². The Kier molecular flexibility index (Phi) is 3.77. The third-order valence-electron chi connectivity index (χ3n) is 2.58. The van der Waals surface area contributed by atoms with Gasteiger partial charge in [-0.2, -0.15) is 11.8 Å². The number of thioether (sulfide) groups is 1. The molecule has 2 rings (SSSR count). The number of nitrogens with one attached hydrogen (secondary N) is 1. The van der Waals surface area contributed by atoms with Crippen molar-refractivity contribution >= 4 is 50.9 Å². The quantitative estimate of drug-likeness (QED) is 0.856. The Hall–Kier alpha value is -0.260. The highest BCUT2D eigenvalue weighted by Gasteiger charge is 2.07. The van der Waals surface area contributed by atoms with Crippen molar-refractivity contribution < 1.29 is 0 Å². The average Bonchev–Trinajstić information content (AvgIpc) is 2.54. The van der Waals surface area contributed by atoms with Gasteiger partial charge in [-0.25, -0.2) is 0 Å². The molecule has 0 amide bonds. The van der Waals surface area contributed by atoms with Crippen LogP contribution in [-0.4, -0.2) is 21.1 Å². The van der Waals surface area contributed by atoms with Crippen molar-refractivity contribution in [2.24, 2.45) is 0 Å².